The number of hydrogen-bond acceptors (Lipinski definition) is 2. The number of benzene rings is 2. The highest BCUT2D eigenvalue weighted by Crippen LogP contribution is 2.28. The first kappa shape index (κ1) is 11.2. The van der Waals surface area contributed by atoms with Gasteiger partial charge in [-0.05, 0) is 6.92 Å². The number of aryl methyl sites for hydroxylation is 1. The summed E-state index contributed by atoms with van der Waals surface area (Å²) < 4.78 is 0. The third kappa shape index (κ3) is 2.20. The lowest BCUT2D eigenvalue weighted by atomic mass is 10.1. The van der Waals surface area contributed by atoms with E-state index in [1.165, 1.54) is 16.7 Å². The average molecular weight is 251 g/mol. The van der Waals surface area contributed by atoms with Crippen molar-refractivity contribution in [1.29, 1.82) is 0 Å². The summed E-state index contributed by atoms with van der Waals surface area (Å²) in [6.07, 6.45) is 0. The Morgan fingerprint density at radius 2 is 1.56 bits per heavy atom. The van der Waals surface area contributed by atoms with Crippen LogP contribution in [0.1, 0.15) is 5.56 Å². The Morgan fingerprint density at radius 3 is 2.28 bits per heavy atom. The highest BCUT2D eigenvalue weighted by Gasteiger charge is 2.05. The molecule has 0 saturated heterocycles. The summed E-state index contributed by atoms with van der Waals surface area (Å²) in [5.41, 5.74) is 4.69. The largest absolute Gasteiger partial charge is 0.236 e. The van der Waals surface area contributed by atoms with Crippen LogP contribution in [0.25, 0.3) is 21.8 Å². The average Bonchev–Trinajstić information content (AvgIpc) is 2.90. The second-order valence-electron chi connectivity index (χ2n) is 4.27. The molecule has 1 heterocycles. The molecule has 0 aliphatic rings. The first-order valence-electron chi connectivity index (χ1n) is 5.91. The third-order valence-corrected chi connectivity index (χ3v) is 3.76. The van der Waals surface area contributed by atoms with Crippen molar-refractivity contribution in [3.05, 3.63) is 65.5 Å². The van der Waals surface area contributed by atoms with Crippen LogP contribution in [0.4, 0.5) is 0 Å². The van der Waals surface area contributed by atoms with E-state index in [2.05, 4.69) is 48.7 Å². The molecule has 0 atom stereocenters. The van der Waals surface area contributed by atoms with E-state index in [0.29, 0.717) is 0 Å². The van der Waals surface area contributed by atoms with Crippen LogP contribution in [-0.4, -0.2) is 4.98 Å². The molecule has 3 aromatic rings. The minimum atomic E-state index is 1.05. The molecule has 0 aliphatic heterocycles. The van der Waals surface area contributed by atoms with Gasteiger partial charge in [0.05, 0.1) is 5.69 Å². The summed E-state index contributed by atoms with van der Waals surface area (Å²) in [5.74, 6) is 0. The van der Waals surface area contributed by atoms with Crippen LogP contribution < -0.4 is 0 Å². The maximum Gasteiger partial charge on any atom is 0.124 e. The maximum absolute atomic E-state index is 4.70. The zero-order valence-electron chi connectivity index (χ0n) is 10.1. The van der Waals surface area contributed by atoms with Crippen LogP contribution >= 0.6 is 11.3 Å². The number of hydrogen-bond donors (Lipinski definition) is 0. The molecule has 1 nitrogen and oxygen atoms in total. The predicted octanol–water partition coefficient (Wildman–Crippen LogP) is 4.79. The molecule has 0 saturated carbocycles. The van der Waals surface area contributed by atoms with E-state index in [9.17, 15) is 0 Å². The number of aromatic nitrogens is 1. The molecular weight excluding hydrogens is 238 g/mol. The van der Waals surface area contributed by atoms with Crippen LogP contribution in [0.2, 0.25) is 0 Å². The van der Waals surface area contributed by atoms with Gasteiger partial charge in [0.1, 0.15) is 5.01 Å². The quantitative estimate of drug-likeness (QED) is 0.638. The Labute approximate surface area is 111 Å². The van der Waals surface area contributed by atoms with Gasteiger partial charge in [-0.3, -0.25) is 0 Å². The van der Waals surface area contributed by atoms with E-state index in [0.717, 1.165) is 10.7 Å². The molecule has 1 aromatic heterocycles. The van der Waals surface area contributed by atoms with Gasteiger partial charge in [-0.1, -0.05) is 60.2 Å². The van der Waals surface area contributed by atoms with Crippen molar-refractivity contribution in [2.24, 2.45) is 0 Å². The van der Waals surface area contributed by atoms with Crippen LogP contribution in [0, 0.1) is 6.92 Å². The van der Waals surface area contributed by atoms with Gasteiger partial charge in [-0.15, -0.1) is 11.3 Å². The van der Waals surface area contributed by atoms with Crippen molar-refractivity contribution in [3.63, 3.8) is 0 Å². The van der Waals surface area contributed by atoms with Crippen LogP contribution in [0.15, 0.2) is 60.0 Å². The summed E-state index contributed by atoms with van der Waals surface area (Å²) in [6.45, 7) is 2.10. The summed E-state index contributed by atoms with van der Waals surface area (Å²) in [5, 5.41) is 3.19. The molecule has 0 aliphatic carbocycles. The summed E-state index contributed by atoms with van der Waals surface area (Å²) >= 11 is 1.69. The lowest BCUT2D eigenvalue weighted by Gasteiger charge is -1.97. The van der Waals surface area contributed by atoms with E-state index in [1.807, 2.05) is 18.2 Å². The Morgan fingerprint density at radius 1 is 0.833 bits per heavy atom. The van der Waals surface area contributed by atoms with Gasteiger partial charge in [0, 0.05) is 16.5 Å². The van der Waals surface area contributed by atoms with Crippen LogP contribution in [0.3, 0.4) is 0 Å². The molecule has 88 valence electrons. The predicted molar refractivity (Wildman–Crippen MR) is 77.7 cm³/mol. The van der Waals surface area contributed by atoms with E-state index in [1.54, 1.807) is 11.3 Å². The van der Waals surface area contributed by atoms with Crippen LogP contribution in [0.5, 0.6) is 0 Å². The molecule has 0 amide bonds. The van der Waals surface area contributed by atoms with Gasteiger partial charge in [-0.2, -0.15) is 0 Å². The van der Waals surface area contributed by atoms with Gasteiger partial charge in [0.25, 0.3) is 0 Å². The first-order chi connectivity index (χ1) is 8.83. The second-order valence-corrected chi connectivity index (χ2v) is 5.13. The molecule has 2 aromatic carbocycles. The summed E-state index contributed by atoms with van der Waals surface area (Å²) in [4.78, 5) is 4.70. The molecule has 0 bridgehead atoms. The molecule has 0 radical (unpaired) electrons. The van der Waals surface area contributed by atoms with E-state index in [4.69, 9.17) is 4.98 Å². The summed E-state index contributed by atoms with van der Waals surface area (Å²) in [7, 11) is 0. The van der Waals surface area contributed by atoms with Crippen molar-refractivity contribution in [3.8, 4) is 21.8 Å². The Bertz CT molecular complexity index is 638. The molecule has 0 fully saturated rings. The maximum atomic E-state index is 4.70. The number of nitrogens with zero attached hydrogens (tertiary/aromatic N) is 1. The van der Waals surface area contributed by atoms with E-state index < -0.39 is 0 Å². The molecule has 18 heavy (non-hydrogen) atoms. The molecule has 2 heteroatoms. The lowest BCUT2D eigenvalue weighted by Crippen LogP contribution is -1.79. The standard InChI is InChI=1S/C16H13NS/c1-12-7-9-14(10-8-12)16-17-15(11-18-16)13-5-3-2-4-6-13/h2-11H,1H3. The van der Waals surface area contributed by atoms with Crippen LogP contribution in [-0.2, 0) is 0 Å². The van der Waals surface area contributed by atoms with Crippen molar-refractivity contribution in [2.75, 3.05) is 0 Å². The van der Waals surface area contributed by atoms with Gasteiger partial charge in [-0.25, -0.2) is 4.98 Å². The fraction of sp³-hybridized carbons (Fsp3) is 0.0625. The molecular formula is C16H13NS. The second kappa shape index (κ2) is 4.75. The fourth-order valence-electron chi connectivity index (χ4n) is 1.84. The highest BCUT2D eigenvalue weighted by atomic mass is 32.1. The fourth-order valence-corrected chi connectivity index (χ4v) is 2.68. The van der Waals surface area contributed by atoms with Crippen molar-refractivity contribution in [1.82, 2.24) is 4.98 Å². The molecule has 0 unspecified atom stereocenters. The van der Waals surface area contributed by atoms with Gasteiger partial charge in [0.2, 0.25) is 0 Å². The molecule has 0 spiro atoms. The highest BCUT2D eigenvalue weighted by molar-refractivity contribution is 7.13. The van der Waals surface area contributed by atoms with Crippen molar-refractivity contribution < 1.29 is 0 Å². The SMILES string of the molecule is Cc1ccc(-c2nc(-c3ccccc3)cs2)cc1. The number of rotatable bonds is 2. The monoisotopic (exact) mass is 251 g/mol. The van der Waals surface area contributed by atoms with Gasteiger partial charge < -0.3 is 0 Å². The lowest BCUT2D eigenvalue weighted by molar-refractivity contribution is 1.39. The Balaban J connectivity index is 1.97. The number of thiazole rings is 1. The van der Waals surface area contributed by atoms with E-state index in [-0.39, 0.29) is 0 Å². The Hall–Kier alpha value is -1.93. The van der Waals surface area contributed by atoms with Crippen molar-refractivity contribution >= 4 is 11.3 Å². The summed E-state index contributed by atoms with van der Waals surface area (Å²) in [6, 6.07) is 18.8. The first-order valence-corrected chi connectivity index (χ1v) is 6.79. The molecule has 3 rings (SSSR count). The third-order valence-electron chi connectivity index (χ3n) is 2.87. The van der Waals surface area contributed by atoms with Crippen molar-refractivity contribution in [2.45, 2.75) is 6.92 Å². The minimum Gasteiger partial charge on any atom is -0.236 e. The smallest absolute Gasteiger partial charge is 0.124 e. The van der Waals surface area contributed by atoms with E-state index >= 15 is 0 Å². The van der Waals surface area contributed by atoms with Gasteiger partial charge in [0.15, 0.2) is 0 Å². The zero-order valence-corrected chi connectivity index (χ0v) is 10.9. The minimum absolute atomic E-state index is 1.05. The molecule has 0 N–H and O–H groups in total. The zero-order chi connectivity index (χ0) is 12.4. The van der Waals surface area contributed by atoms with Gasteiger partial charge >= 0.3 is 0 Å². The topological polar surface area (TPSA) is 12.9 Å². The normalized spacial score (nSPS) is 10.5. The Kier molecular flexibility index (Phi) is 2.95.